The predicted molar refractivity (Wildman–Crippen MR) is 185 cm³/mol. The van der Waals surface area contributed by atoms with Gasteiger partial charge < -0.3 is 30.2 Å². The molecule has 5 rings (SSSR count). The van der Waals surface area contributed by atoms with Gasteiger partial charge >= 0.3 is 12.1 Å². The van der Waals surface area contributed by atoms with Crippen LogP contribution in [0.2, 0.25) is 0 Å². The predicted octanol–water partition coefficient (Wildman–Crippen LogP) is 8.72. The van der Waals surface area contributed by atoms with Crippen molar-refractivity contribution in [2.45, 2.75) is 39.2 Å². The van der Waals surface area contributed by atoms with Crippen LogP contribution in [0.15, 0.2) is 91.1 Å². The van der Waals surface area contributed by atoms with Gasteiger partial charge in [-0.2, -0.15) is 4.98 Å². The minimum absolute atomic E-state index is 0.00427. The van der Waals surface area contributed by atoms with Crippen molar-refractivity contribution in [3.05, 3.63) is 102 Å². The highest BCUT2D eigenvalue weighted by atomic mass is 16.5. The van der Waals surface area contributed by atoms with E-state index < -0.39 is 12.1 Å². The smallest absolute Gasteiger partial charge is 0.411 e. The van der Waals surface area contributed by atoms with Gasteiger partial charge in [0.15, 0.2) is 5.75 Å². The topological polar surface area (TPSA) is 136 Å². The van der Waals surface area contributed by atoms with Crippen LogP contribution in [0.1, 0.15) is 44.9 Å². The van der Waals surface area contributed by atoms with Crippen LogP contribution in [0.4, 0.5) is 32.6 Å². The molecule has 3 amide bonds. The Morgan fingerprint density at radius 3 is 2.13 bits per heavy atom. The quantitative estimate of drug-likeness (QED) is 0.126. The van der Waals surface area contributed by atoms with Crippen LogP contribution in [0.25, 0.3) is 10.8 Å². The Morgan fingerprint density at radius 2 is 1.45 bits per heavy atom. The monoisotopic (exact) mass is 634 g/mol. The zero-order valence-electron chi connectivity index (χ0n) is 27.2. The highest BCUT2D eigenvalue weighted by Gasteiger charge is 2.22. The van der Waals surface area contributed by atoms with Crippen molar-refractivity contribution < 1.29 is 23.8 Å². The summed E-state index contributed by atoms with van der Waals surface area (Å²) < 4.78 is 16.6. The second-order valence-electron chi connectivity index (χ2n) is 11.8. The van der Waals surface area contributed by atoms with Gasteiger partial charge in [0, 0.05) is 23.0 Å². The fraction of sp³-hybridized carbons (Fsp3) is 0.222. The van der Waals surface area contributed by atoms with Crippen LogP contribution >= 0.6 is 0 Å². The summed E-state index contributed by atoms with van der Waals surface area (Å²) in [6.45, 7) is 8.12. The van der Waals surface area contributed by atoms with E-state index in [0.29, 0.717) is 34.6 Å². The molecule has 11 heteroatoms. The van der Waals surface area contributed by atoms with Crippen LogP contribution in [-0.2, 0) is 10.2 Å². The molecule has 0 aliphatic rings. The molecule has 1 atom stereocenters. The number of ether oxygens (including phenoxy) is 3. The number of hydrogen-bond acceptors (Lipinski definition) is 8. The molecule has 47 heavy (non-hydrogen) atoms. The van der Waals surface area contributed by atoms with Gasteiger partial charge in [-0.3, -0.25) is 5.32 Å². The van der Waals surface area contributed by atoms with Gasteiger partial charge in [-0.15, -0.1) is 0 Å². The molecule has 1 heterocycles. The second-order valence-corrected chi connectivity index (χ2v) is 11.8. The fourth-order valence-corrected chi connectivity index (χ4v) is 4.97. The van der Waals surface area contributed by atoms with Crippen LogP contribution < -0.4 is 30.7 Å². The van der Waals surface area contributed by atoms with Crippen molar-refractivity contribution in [2.75, 3.05) is 35.5 Å². The van der Waals surface area contributed by atoms with Crippen molar-refractivity contribution in [1.29, 1.82) is 0 Å². The highest BCUT2D eigenvalue weighted by Crippen LogP contribution is 2.39. The molecule has 1 unspecified atom stereocenters. The molecule has 4 N–H and O–H groups in total. The van der Waals surface area contributed by atoms with Gasteiger partial charge in [0.05, 0.1) is 37.3 Å². The summed E-state index contributed by atoms with van der Waals surface area (Å²) in [5, 5.41) is 13.3. The Morgan fingerprint density at radius 1 is 0.787 bits per heavy atom. The van der Waals surface area contributed by atoms with Gasteiger partial charge in [-0.1, -0.05) is 75.4 Å². The molecule has 0 radical (unpaired) electrons. The lowest BCUT2D eigenvalue weighted by Crippen LogP contribution is -2.22. The molecule has 0 fully saturated rings. The third-order valence-electron chi connectivity index (χ3n) is 7.45. The van der Waals surface area contributed by atoms with Crippen LogP contribution in [-0.4, -0.2) is 36.3 Å². The van der Waals surface area contributed by atoms with E-state index in [4.69, 9.17) is 14.2 Å². The first-order valence-corrected chi connectivity index (χ1v) is 15.1. The number of nitrogens with one attached hydrogen (secondary N) is 4. The van der Waals surface area contributed by atoms with Crippen molar-refractivity contribution >= 4 is 45.9 Å². The van der Waals surface area contributed by atoms with E-state index in [9.17, 15) is 9.59 Å². The lowest BCUT2D eigenvalue weighted by Gasteiger charge is -2.24. The van der Waals surface area contributed by atoms with Crippen LogP contribution in [0.5, 0.6) is 17.4 Å². The summed E-state index contributed by atoms with van der Waals surface area (Å²) in [6, 6.07) is 26.0. The standard InChI is InChI=1S/C36H38N6O5/c1-22(23-12-8-7-9-13-23)38-33-37-19-18-31(42-33)47-30-17-16-27(25-14-10-11-15-26(25)30)39-34(43)40-28-20-24(36(2,3)4)21-29(32(28)45-5)41-35(44)46-6/h7-22H,1-6H3,(H,41,44)(H,37,38,42)(H2,39,40,43). The number of nitrogens with zero attached hydrogens (tertiary/aromatic N) is 2. The first-order chi connectivity index (χ1) is 22.5. The summed E-state index contributed by atoms with van der Waals surface area (Å²) in [6.07, 6.45) is 0.981. The molecule has 4 aromatic carbocycles. The molecular formula is C36H38N6O5. The maximum Gasteiger partial charge on any atom is 0.411 e. The van der Waals surface area contributed by atoms with E-state index >= 15 is 0 Å². The van der Waals surface area contributed by atoms with Crippen LogP contribution in [0.3, 0.4) is 0 Å². The van der Waals surface area contributed by atoms with E-state index in [0.717, 1.165) is 21.9 Å². The largest absolute Gasteiger partial charge is 0.492 e. The maximum absolute atomic E-state index is 13.4. The number of carbonyl (C=O) groups is 2. The Bertz CT molecular complexity index is 1890. The van der Waals surface area contributed by atoms with E-state index in [1.165, 1.54) is 14.2 Å². The minimum atomic E-state index is -0.658. The van der Waals surface area contributed by atoms with Gasteiger partial charge in [0.25, 0.3) is 0 Å². The molecule has 1 aromatic heterocycles. The molecule has 11 nitrogen and oxygen atoms in total. The number of hydrogen-bond donors (Lipinski definition) is 4. The fourth-order valence-electron chi connectivity index (χ4n) is 4.97. The average Bonchev–Trinajstić information content (AvgIpc) is 3.06. The summed E-state index contributed by atoms with van der Waals surface area (Å²) >= 11 is 0. The third-order valence-corrected chi connectivity index (χ3v) is 7.45. The van der Waals surface area contributed by atoms with Gasteiger partial charge in [-0.25, -0.2) is 14.6 Å². The SMILES string of the molecule is COC(=O)Nc1cc(C(C)(C)C)cc(NC(=O)Nc2ccc(Oc3ccnc(NC(C)c4ccccc4)n3)c3ccccc23)c1OC. The van der Waals surface area contributed by atoms with Crippen LogP contribution in [0, 0.1) is 0 Å². The highest BCUT2D eigenvalue weighted by molar-refractivity contribution is 6.08. The molecule has 0 bridgehead atoms. The van der Waals surface area contributed by atoms with E-state index in [2.05, 4.69) is 31.2 Å². The maximum atomic E-state index is 13.4. The molecule has 0 aliphatic carbocycles. The summed E-state index contributed by atoms with van der Waals surface area (Å²) in [5.41, 5.74) is 2.99. The number of amides is 3. The number of fused-ring (bicyclic) bond motifs is 1. The lowest BCUT2D eigenvalue weighted by atomic mass is 9.86. The third kappa shape index (κ3) is 7.88. The number of carbonyl (C=O) groups excluding carboxylic acids is 2. The number of methoxy groups -OCH3 is 2. The van der Waals surface area contributed by atoms with Gasteiger partial charge in [0.1, 0.15) is 5.75 Å². The Hall–Kier alpha value is -5.84. The molecule has 0 spiro atoms. The lowest BCUT2D eigenvalue weighted by molar-refractivity contribution is 0.187. The summed E-state index contributed by atoms with van der Waals surface area (Å²) in [7, 11) is 2.74. The molecular weight excluding hydrogens is 596 g/mol. The van der Waals surface area contributed by atoms with Gasteiger partial charge in [0.2, 0.25) is 11.8 Å². The zero-order chi connectivity index (χ0) is 33.6. The first-order valence-electron chi connectivity index (χ1n) is 15.1. The molecule has 5 aromatic rings. The average molecular weight is 635 g/mol. The Labute approximate surface area is 273 Å². The number of anilines is 4. The molecule has 0 saturated carbocycles. The zero-order valence-corrected chi connectivity index (χ0v) is 27.2. The first kappa shape index (κ1) is 32.6. The number of rotatable bonds is 9. The van der Waals surface area contributed by atoms with Crippen molar-refractivity contribution in [1.82, 2.24) is 9.97 Å². The molecule has 0 aliphatic heterocycles. The minimum Gasteiger partial charge on any atom is -0.492 e. The number of aromatic nitrogens is 2. The Kier molecular flexibility index (Phi) is 9.74. The van der Waals surface area contributed by atoms with E-state index in [1.54, 1.807) is 30.5 Å². The number of benzene rings is 4. The molecule has 0 saturated heterocycles. The second kappa shape index (κ2) is 14.1. The van der Waals surface area contributed by atoms with Crippen molar-refractivity contribution in [2.24, 2.45) is 0 Å². The number of urea groups is 1. The summed E-state index contributed by atoms with van der Waals surface area (Å²) in [4.78, 5) is 34.4. The van der Waals surface area contributed by atoms with Crippen molar-refractivity contribution in [3.63, 3.8) is 0 Å². The van der Waals surface area contributed by atoms with E-state index in [1.807, 2.05) is 88.4 Å². The summed E-state index contributed by atoms with van der Waals surface area (Å²) in [5.74, 6) is 1.65. The normalized spacial score (nSPS) is 11.7. The Balaban J connectivity index is 1.37. The van der Waals surface area contributed by atoms with E-state index in [-0.39, 0.29) is 17.2 Å². The van der Waals surface area contributed by atoms with Gasteiger partial charge in [-0.05, 0) is 47.7 Å². The molecule has 242 valence electrons. The van der Waals surface area contributed by atoms with Crippen molar-refractivity contribution in [3.8, 4) is 17.4 Å².